The predicted molar refractivity (Wildman–Crippen MR) is 111 cm³/mol. The first kappa shape index (κ1) is 20.2. The van der Waals surface area contributed by atoms with Crippen molar-refractivity contribution in [2.24, 2.45) is 17.8 Å². The largest absolute Gasteiger partial charge is 0.467 e. The number of ether oxygens (including phenoxy) is 2. The van der Waals surface area contributed by atoms with Crippen LogP contribution < -0.4 is 10.1 Å². The molecule has 1 spiro atoms. The quantitative estimate of drug-likeness (QED) is 0.782. The molecule has 166 valence electrons. The van der Waals surface area contributed by atoms with Gasteiger partial charge in [-0.3, -0.25) is 9.59 Å². The Morgan fingerprint density at radius 1 is 1.16 bits per heavy atom. The maximum absolute atomic E-state index is 13.3. The average Bonchev–Trinajstić information content (AvgIpc) is 2.79. The Morgan fingerprint density at radius 2 is 1.90 bits per heavy atom. The fraction of sp³-hybridized carbons (Fsp3) is 0.609. The molecular formula is C23H29N3O5. The van der Waals surface area contributed by atoms with E-state index in [-0.39, 0.29) is 35.7 Å². The summed E-state index contributed by atoms with van der Waals surface area (Å²) in [7, 11) is 0. The molecule has 6 rings (SSSR count). The Balaban J connectivity index is 1.25. The van der Waals surface area contributed by atoms with Gasteiger partial charge in [-0.05, 0) is 44.2 Å². The standard InChI is InChI=1S/C23H29N3O5/c1-2-30-22(29)26-11-9-25(10-12-26)21(28)18-13-16-8-7-15(18)14-23(16)24-20(27)17-5-3-4-6-19(17)31-23/h3-6,15-16,18H,2,7-14H2,1H3,(H,24,27)/t15-,16+,18-,23+/m0/s1. The molecule has 5 aliphatic rings. The lowest BCUT2D eigenvalue weighted by molar-refractivity contribution is -0.156. The van der Waals surface area contributed by atoms with E-state index in [4.69, 9.17) is 9.47 Å². The maximum atomic E-state index is 13.3. The summed E-state index contributed by atoms with van der Waals surface area (Å²) in [6, 6.07) is 7.35. The zero-order valence-corrected chi connectivity index (χ0v) is 17.8. The predicted octanol–water partition coefficient (Wildman–Crippen LogP) is 2.24. The molecular weight excluding hydrogens is 398 g/mol. The Kier molecular flexibility index (Phi) is 5.02. The van der Waals surface area contributed by atoms with Crippen LogP contribution in [0.15, 0.2) is 24.3 Å². The number of rotatable bonds is 2. The lowest BCUT2D eigenvalue weighted by Gasteiger charge is -2.55. The van der Waals surface area contributed by atoms with Gasteiger partial charge in [0.2, 0.25) is 5.91 Å². The lowest BCUT2D eigenvalue weighted by Crippen LogP contribution is -2.67. The van der Waals surface area contributed by atoms with Gasteiger partial charge in [-0.1, -0.05) is 12.1 Å². The summed E-state index contributed by atoms with van der Waals surface area (Å²) >= 11 is 0. The van der Waals surface area contributed by atoms with Gasteiger partial charge >= 0.3 is 6.09 Å². The number of nitrogens with zero attached hydrogens (tertiary/aromatic N) is 2. The van der Waals surface area contributed by atoms with Crippen LogP contribution in [0.2, 0.25) is 0 Å². The summed E-state index contributed by atoms with van der Waals surface area (Å²) in [5.41, 5.74) is -0.130. The van der Waals surface area contributed by atoms with Crippen LogP contribution in [0.4, 0.5) is 4.79 Å². The fourth-order valence-electron chi connectivity index (χ4n) is 5.82. The monoisotopic (exact) mass is 427 g/mol. The molecule has 1 aromatic rings. The molecule has 4 fully saturated rings. The molecule has 3 amide bonds. The SMILES string of the molecule is CCOC(=O)N1CCN(C(=O)[C@H]2C[C@H]3CC[C@H]2C[C@]32NC(=O)c3ccccc3O2)CC1. The highest BCUT2D eigenvalue weighted by molar-refractivity contribution is 5.98. The third-order valence-corrected chi connectivity index (χ3v) is 7.40. The molecule has 0 radical (unpaired) electrons. The van der Waals surface area contributed by atoms with Crippen LogP contribution in [-0.2, 0) is 9.53 Å². The molecule has 8 heteroatoms. The Morgan fingerprint density at radius 3 is 2.61 bits per heavy atom. The van der Waals surface area contributed by atoms with Crippen molar-refractivity contribution in [3.05, 3.63) is 29.8 Å². The molecule has 1 saturated heterocycles. The van der Waals surface area contributed by atoms with Crippen molar-refractivity contribution >= 4 is 17.9 Å². The van der Waals surface area contributed by atoms with Crippen LogP contribution >= 0.6 is 0 Å². The number of fused-ring (bicyclic) bond motifs is 3. The van der Waals surface area contributed by atoms with Crippen molar-refractivity contribution in [1.82, 2.24) is 15.1 Å². The van der Waals surface area contributed by atoms with E-state index < -0.39 is 5.72 Å². The van der Waals surface area contributed by atoms with E-state index in [1.165, 1.54) is 0 Å². The first-order valence-electron chi connectivity index (χ1n) is 11.3. The topological polar surface area (TPSA) is 88.2 Å². The average molecular weight is 428 g/mol. The zero-order valence-electron chi connectivity index (χ0n) is 17.8. The number of carbonyl (C=O) groups is 3. The number of nitrogens with one attached hydrogen (secondary N) is 1. The third-order valence-electron chi connectivity index (χ3n) is 7.40. The molecule has 2 aliphatic heterocycles. The zero-order chi connectivity index (χ0) is 21.6. The molecule has 31 heavy (non-hydrogen) atoms. The first-order chi connectivity index (χ1) is 15.0. The molecule has 1 N–H and O–H groups in total. The van der Waals surface area contributed by atoms with Gasteiger partial charge in [-0.25, -0.2) is 4.79 Å². The van der Waals surface area contributed by atoms with Crippen molar-refractivity contribution in [2.45, 2.75) is 38.3 Å². The van der Waals surface area contributed by atoms with E-state index in [2.05, 4.69) is 5.32 Å². The van der Waals surface area contributed by atoms with E-state index in [9.17, 15) is 14.4 Å². The summed E-state index contributed by atoms with van der Waals surface area (Å²) in [5, 5.41) is 3.14. The van der Waals surface area contributed by atoms with Gasteiger partial charge in [0.15, 0.2) is 5.72 Å². The van der Waals surface area contributed by atoms with Gasteiger partial charge in [-0.15, -0.1) is 0 Å². The number of hydrogen-bond acceptors (Lipinski definition) is 5. The summed E-state index contributed by atoms with van der Waals surface area (Å²) in [6.07, 6.45) is 3.01. The number of hydrogen-bond donors (Lipinski definition) is 1. The summed E-state index contributed by atoms with van der Waals surface area (Å²) < 4.78 is 11.5. The van der Waals surface area contributed by atoms with E-state index in [0.29, 0.717) is 50.5 Å². The van der Waals surface area contributed by atoms with E-state index in [1.54, 1.807) is 17.9 Å². The highest BCUT2D eigenvalue weighted by Gasteiger charge is 2.57. The van der Waals surface area contributed by atoms with Gasteiger partial charge < -0.3 is 24.6 Å². The van der Waals surface area contributed by atoms with Crippen LogP contribution in [0.25, 0.3) is 0 Å². The summed E-state index contributed by atoms with van der Waals surface area (Å²) in [4.78, 5) is 41.5. The minimum absolute atomic E-state index is 0.0452. The van der Waals surface area contributed by atoms with Crippen molar-refractivity contribution in [3.63, 3.8) is 0 Å². The molecule has 1 aromatic carbocycles. The van der Waals surface area contributed by atoms with Crippen molar-refractivity contribution in [2.75, 3.05) is 32.8 Å². The van der Waals surface area contributed by atoms with Crippen LogP contribution in [0.3, 0.4) is 0 Å². The Hall–Kier alpha value is -2.77. The highest BCUT2D eigenvalue weighted by atomic mass is 16.6. The van der Waals surface area contributed by atoms with Crippen LogP contribution in [0.5, 0.6) is 5.75 Å². The Bertz CT molecular complexity index is 897. The molecule has 3 aliphatic carbocycles. The molecule has 0 unspecified atom stereocenters. The smallest absolute Gasteiger partial charge is 0.409 e. The lowest BCUT2D eigenvalue weighted by atomic mass is 9.59. The van der Waals surface area contributed by atoms with Crippen LogP contribution in [0, 0.1) is 17.8 Å². The van der Waals surface area contributed by atoms with Crippen molar-refractivity contribution in [1.29, 1.82) is 0 Å². The number of carbonyl (C=O) groups excluding carboxylic acids is 3. The normalized spacial score (nSPS) is 31.6. The van der Waals surface area contributed by atoms with Gasteiger partial charge in [0, 0.05) is 44.4 Å². The molecule has 8 nitrogen and oxygen atoms in total. The number of piperazine rings is 1. The summed E-state index contributed by atoms with van der Waals surface area (Å²) in [5.74, 6) is 0.978. The third kappa shape index (κ3) is 3.42. The van der Waals surface area contributed by atoms with E-state index in [0.717, 1.165) is 19.3 Å². The molecule has 0 aromatic heterocycles. The molecule has 3 saturated carbocycles. The fourth-order valence-corrected chi connectivity index (χ4v) is 5.82. The second-order valence-corrected chi connectivity index (χ2v) is 9.03. The molecule has 4 atom stereocenters. The number of para-hydroxylation sites is 1. The van der Waals surface area contributed by atoms with Gasteiger partial charge in [-0.2, -0.15) is 0 Å². The van der Waals surface area contributed by atoms with Crippen LogP contribution in [-0.4, -0.2) is 66.2 Å². The van der Waals surface area contributed by atoms with Gasteiger partial charge in [0.1, 0.15) is 5.75 Å². The number of amides is 3. The summed E-state index contributed by atoms with van der Waals surface area (Å²) in [6.45, 7) is 4.23. The maximum Gasteiger partial charge on any atom is 0.409 e. The second-order valence-electron chi connectivity index (χ2n) is 9.03. The Labute approximate surface area is 181 Å². The van der Waals surface area contributed by atoms with E-state index >= 15 is 0 Å². The van der Waals surface area contributed by atoms with Gasteiger partial charge in [0.05, 0.1) is 12.2 Å². The van der Waals surface area contributed by atoms with E-state index in [1.807, 2.05) is 23.1 Å². The number of benzene rings is 1. The first-order valence-corrected chi connectivity index (χ1v) is 11.3. The minimum Gasteiger partial charge on any atom is -0.467 e. The van der Waals surface area contributed by atoms with Crippen molar-refractivity contribution < 1.29 is 23.9 Å². The molecule has 2 heterocycles. The minimum atomic E-state index is -0.701. The molecule has 2 bridgehead atoms. The highest BCUT2D eigenvalue weighted by Crippen LogP contribution is 2.52. The van der Waals surface area contributed by atoms with Gasteiger partial charge in [0.25, 0.3) is 5.91 Å². The second kappa shape index (κ2) is 7.73. The van der Waals surface area contributed by atoms with Crippen LogP contribution in [0.1, 0.15) is 43.0 Å². The van der Waals surface area contributed by atoms with Crippen molar-refractivity contribution in [3.8, 4) is 5.75 Å².